The minimum absolute atomic E-state index is 0.0752. The van der Waals surface area contributed by atoms with Crippen molar-refractivity contribution in [1.82, 2.24) is 14.7 Å². The molecule has 0 aliphatic rings. The van der Waals surface area contributed by atoms with Gasteiger partial charge in [-0.15, -0.1) is 0 Å². The van der Waals surface area contributed by atoms with Gasteiger partial charge in [0.2, 0.25) is 0 Å². The van der Waals surface area contributed by atoms with Gasteiger partial charge in [0, 0.05) is 43.5 Å². The zero-order chi connectivity index (χ0) is 21.8. The summed E-state index contributed by atoms with van der Waals surface area (Å²) < 4.78 is 7.44. The van der Waals surface area contributed by atoms with Gasteiger partial charge in [0.15, 0.2) is 5.75 Å². The maximum absolute atomic E-state index is 12.8. The SMILES string of the molecule is Cc1ccc(OCc2cccc(C(=O)N(C)Cc3cnn(C)c3C)c2)c([N+](=O)[O-])c1. The van der Waals surface area contributed by atoms with E-state index in [1.54, 1.807) is 60.1 Å². The third kappa shape index (κ3) is 4.65. The molecule has 0 aliphatic carbocycles. The summed E-state index contributed by atoms with van der Waals surface area (Å²) in [6.45, 7) is 4.32. The number of nitrogens with zero attached hydrogens (tertiary/aromatic N) is 4. The topological polar surface area (TPSA) is 90.5 Å². The molecule has 0 unspecified atom stereocenters. The van der Waals surface area contributed by atoms with Gasteiger partial charge in [-0.1, -0.05) is 18.2 Å². The molecule has 0 N–H and O–H groups in total. The highest BCUT2D eigenvalue weighted by Crippen LogP contribution is 2.28. The molecule has 0 radical (unpaired) electrons. The fraction of sp³-hybridized carbons (Fsp3) is 0.273. The molecule has 156 valence electrons. The number of benzene rings is 2. The summed E-state index contributed by atoms with van der Waals surface area (Å²) in [7, 11) is 3.61. The summed E-state index contributed by atoms with van der Waals surface area (Å²) in [6.07, 6.45) is 1.76. The Morgan fingerprint density at radius 2 is 2.00 bits per heavy atom. The lowest BCUT2D eigenvalue weighted by Crippen LogP contribution is -2.26. The maximum atomic E-state index is 12.8. The lowest BCUT2D eigenvalue weighted by atomic mass is 10.1. The second-order valence-corrected chi connectivity index (χ2v) is 7.26. The number of nitro benzene ring substituents is 1. The first kappa shape index (κ1) is 21.0. The number of rotatable bonds is 7. The van der Waals surface area contributed by atoms with Crippen LogP contribution in [0.2, 0.25) is 0 Å². The van der Waals surface area contributed by atoms with E-state index in [1.807, 2.05) is 20.0 Å². The van der Waals surface area contributed by atoms with Gasteiger partial charge >= 0.3 is 5.69 Å². The lowest BCUT2D eigenvalue weighted by molar-refractivity contribution is -0.386. The minimum atomic E-state index is -0.461. The molecule has 1 amide bonds. The van der Waals surface area contributed by atoms with Crippen molar-refractivity contribution in [2.75, 3.05) is 7.05 Å². The van der Waals surface area contributed by atoms with Gasteiger partial charge in [0.1, 0.15) is 6.61 Å². The van der Waals surface area contributed by atoms with Crippen molar-refractivity contribution in [2.45, 2.75) is 27.0 Å². The summed E-state index contributed by atoms with van der Waals surface area (Å²) in [6, 6.07) is 11.9. The zero-order valence-corrected chi connectivity index (χ0v) is 17.5. The Bertz CT molecular complexity index is 1090. The van der Waals surface area contributed by atoms with E-state index in [0.29, 0.717) is 12.1 Å². The summed E-state index contributed by atoms with van der Waals surface area (Å²) in [5.41, 5.74) is 3.98. The molecule has 0 aliphatic heterocycles. The zero-order valence-electron chi connectivity index (χ0n) is 17.5. The van der Waals surface area contributed by atoms with Crippen LogP contribution in [0.25, 0.3) is 0 Å². The third-order valence-corrected chi connectivity index (χ3v) is 4.97. The largest absolute Gasteiger partial charge is 0.482 e. The van der Waals surface area contributed by atoms with Crippen LogP contribution >= 0.6 is 0 Å². The molecule has 0 spiro atoms. The maximum Gasteiger partial charge on any atom is 0.311 e. The Kier molecular flexibility index (Phi) is 6.15. The number of amides is 1. The van der Waals surface area contributed by atoms with E-state index in [2.05, 4.69) is 5.10 Å². The van der Waals surface area contributed by atoms with E-state index in [9.17, 15) is 14.9 Å². The molecule has 0 atom stereocenters. The van der Waals surface area contributed by atoms with Gasteiger partial charge in [-0.25, -0.2) is 0 Å². The van der Waals surface area contributed by atoms with Gasteiger partial charge in [0.25, 0.3) is 5.91 Å². The highest BCUT2D eigenvalue weighted by Gasteiger charge is 2.17. The van der Waals surface area contributed by atoms with Crippen LogP contribution in [0.1, 0.15) is 32.7 Å². The van der Waals surface area contributed by atoms with E-state index in [-0.39, 0.29) is 24.0 Å². The Morgan fingerprint density at radius 1 is 1.23 bits per heavy atom. The standard InChI is InChI=1S/C22H24N4O4/c1-15-8-9-21(20(10-15)26(28)29)30-14-17-6-5-7-18(11-17)22(27)24(3)13-19-12-23-25(4)16(19)2/h5-12H,13-14H2,1-4H3. The van der Waals surface area contributed by atoms with Gasteiger partial charge in [0.05, 0.1) is 11.1 Å². The van der Waals surface area contributed by atoms with Crippen LogP contribution in [0.4, 0.5) is 5.69 Å². The number of carbonyl (C=O) groups is 1. The minimum Gasteiger partial charge on any atom is -0.482 e. The number of aryl methyl sites for hydroxylation is 2. The van der Waals surface area contributed by atoms with Crippen LogP contribution in [0.15, 0.2) is 48.7 Å². The van der Waals surface area contributed by atoms with Crippen molar-refractivity contribution < 1.29 is 14.5 Å². The summed E-state index contributed by atoms with van der Waals surface area (Å²) in [5.74, 6) is 0.0768. The number of hydrogen-bond donors (Lipinski definition) is 0. The summed E-state index contributed by atoms with van der Waals surface area (Å²) in [4.78, 5) is 25.3. The van der Waals surface area contributed by atoms with Crippen LogP contribution in [-0.2, 0) is 20.2 Å². The number of carbonyl (C=O) groups excluding carboxylic acids is 1. The predicted octanol–water partition coefficient (Wildman–Crippen LogP) is 3.80. The molecular weight excluding hydrogens is 384 g/mol. The van der Waals surface area contributed by atoms with Crippen molar-refractivity contribution in [2.24, 2.45) is 7.05 Å². The number of hydrogen-bond acceptors (Lipinski definition) is 5. The highest BCUT2D eigenvalue weighted by atomic mass is 16.6. The lowest BCUT2D eigenvalue weighted by Gasteiger charge is -2.17. The Balaban J connectivity index is 1.71. The van der Waals surface area contributed by atoms with Crippen LogP contribution in [0.3, 0.4) is 0 Å². The molecule has 8 heteroatoms. The molecule has 2 aromatic carbocycles. The first-order chi connectivity index (χ1) is 14.3. The molecular formula is C22H24N4O4. The average Bonchev–Trinajstić information content (AvgIpc) is 3.04. The van der Waals surface area contributed by atoms with Crippen molar-refractivity contribution in [3.05, 3.63) is 86.7 Å². The summed E-state index contributed by atoms with van der Waals surface area (Å²) in [5, 5.41) is 15.5. The van der Waals surface area contributed by atoms with E-state index in [0.717, 1.165) is 22.4 Å². The van der Waals surface area contributed by atoms with Gasteiger partial charge < -0.3 is 9.64 Å². The fourth-order valence-electron chi connectivity index (χ4n) is 3.09. The van der Waals surface area contributed by atoms with E-state index in [1.165, 1.54) is 6.07 Å². The predicted molar refractivity (Wildman–Crippen MR) is 112 cm³/mol. The second kappa shape index (κ2) is 8.77. The van der Waals surface area contributed by atoms with Crippen molar-refractivity contribution >= 4 is 11.6 Å². The highest BCUT2D eigenvalue weighted by molar-refractivity contribution is 5.94. The second-order valence-electron chi connectivity index (χ2n) is 7.26. The number of aromatic nitrogens is 2. The first-order valence-electron chi connectivity index (χ1n) is 9.46. The molecule has 8 nitrogen and oxygen atoms in total. The molecule has 0 fully saturated rings. The van der Waals surface area contributed by atoms with Gasteiger partial charge in [-0.3, -0.25) is 19.6 Å². The van der Waals surface area contributed by atoms with Crippen molar-refractivity contribution in [3.63, 3.8) is 0 Å². The van der Waals surface area contributed by atoms with Crippen molar-refractivity contribution in [3.8, 4) is 5.75 Å². The Hall–Kier alpha value is -3.68. The quantitative estimate of drug-likeness (QED) is 0.438. The summed E-state index contributed by atoms with van der Waals surface area (Å²) >= 11 is 0. The molecule has 30 heavy (non-hydrogen) atoms. The molecule has 1 heterocycles. The van der Waals surface area contributed by atoms with Crippen LogP contribution in [-0.4, -0.2) is 32.6 Å². The molecule has 0 saturated carbocycles. The van der Waals surface area contributed by atoms with Crippen LogP contribution < -0.4 is 4.74 Å². The van der Waals surface area contributed by atoms with E-state index in [4.69, 9.17) is 4.74 Å². The molecule has 1 aromatic heterocycles. The van der Waals surface area contributed by atoms with E-state index < -0.39 is 4.92 Å². The normalized spacial score (nSPS) is 10.7. The Labute approximate surface area is 174 Å². The third-order valence-electron chi connectivity index (χ3n) is 4.97. The smallest absolute Gasteiger partial charge is 0.311 e. The fourth-order valence-corrected chi connectivity index (χ4v) is 3.09. The molecule has 0 saturated heterocycles. The van der Waals surface area contributed by atoms with Gasteiger partial charge in [-0.05, 0) is 43.2 Å². The molecule has 3 aromatic rings. The molecule has 3 rings (SSSR count). The van der Waals surface area contributed by atoms with Crippen LogP contribution in [0.5, 0.6) is 5.75 Å². The monoisotopic (exact) mass is 408 g/mol. The van der Waals surface area contributed by atoms with Crippen molar-refractivity contribution in [1.29, 1.82) is 0 Å². The average molecular weight is 408 g/mol. The number of ether oxygens (including phenoxy) is 1. The Morgan fingerprint density at radius 3 is 2.67 bits per heavy atom. The van der Waals surface area contributed by atoms with Gasteiger partial charge in [-0.2, -0.15) is 5.10 Å². The van der Waals surface area contributed by atoms with E-state index >= 15 is 0 Å². The first-order valence-corrected chi connectivity index (χ1v) is 9.46. The van der Waals surface area contributed by atoms with Crippen LogP contribution in [0, 0.1) is 24.0 Å². The molecule has 0 bridgehead atoms. The number of nitro groups is 1.